The molecule has 2 rings (SSSR count). The average Bonchev–Trinajstić information content (AvgIpc) is 3.52. The molecule has 2 aromatic rings. The maximum atomic E-state index is 12.6. The molecule has 0 radical (unpaired) electrons. The zero-order chi connectivity index (χ0) is 35.2. The molecule has 268 valence electrons. The van der Waals surface area contributed by atoms with Gasteiger partial charge in [-0.15, -0.1) is 10.2 Å². The van der Waals surface area contributed by atoms with Gasteiger partial charge in [0.15, 0.2) is 0 Å². The van der Waals surface area contributed by atoms with Gasteiger partial charge in [-0.1, -0.05) is 53.1 Å². The van der Waals surface area contributed by atoms with Crippen LogP contribution < -0.4 is 0 Å². The van der Waals surface area contributed by atoms with E-state index in [-0.39, 0.29) is 57.8 Å². The first-order chi connectivity index (χ1) is 21.2. The van der Waals surface area contributed by atoms with Crippen LogP contribution in [0.2, 0.25) is 51.4 Å². The Morgan fingerprint density at radius 1 is 0.739 bits per heavy atom. The minimum atomic E-state index is -3.57. The van der Waals surface area contributed by atoms with Crippen LogP contribution in [0.15, 0.2) is 19.8 Å². The Morgan fingerprint density at radius 3 is 1.48 bits per heavy atom. The molecule has 2 heterocycles. The van der Waals surface area contributed by atoms with Crippen LogP contribution in [-0.2, 0) is 42.6 Å². The fourth-order valence-electron chi connectivity index (χ4n) is 3.75. The number of aliphatic hydroxyl groups is 1. The maximum Gasteiger partial charge on any atom is 0.248 e. The van der Waals surface area contributed by atoms with E-state index in [9.17, 15) is 16.8 Å². The van der Waals surface area contributed by atoms with Crippen molar-refractivity contribution in [2.24, 2.45) is 0 Å². The lowest BCUT2D eigenvalue weighted by molar-refractivity contribution is 0.0712. The van der Waals surface area contributed by atoms with E-state index in [0.717, 1.165) is 31.7 Å². The van der Waals surface area contributed by atoms with Crippen LogP contribution in [0, 0.1) is 0 Å². The topological polar surface area (TPSA) is 172 Å². The molecule has 0 bridgehead atoms. The molecule has 2 aromatic heterocycles. The minimum absolute atomic E-state index is 0.0214. The van der Waals surface area contributed by atoms with Crippen molar-refractivity contribution >= 4 is 67.7 Å². The summed E-state index contributed by atoms with van der Waals surface area (Å²) < 4.78 is 63.6. The lowest BCUT2D eigenvalue weighted by Gasteiger charge is -2.17. The number of rotatable bonds is 21. The largest absolute Gasteiger partial charge is 0.396 e. The summed E-state index contributed by atoms with van der Waals surface area (Å²) in [5, 5.41) is 16.7. The van der Waals surface area contributed by atoms with Gasteiger partial charge in [-0.05, 0) is 76.4 Å². The van der Waals surface area contributed by atoms with Gasteiger partial charge in [-0.25, -0.2) is 26.2 Å². The number of halogens is 2. The molecule has 0 spiro atoms. The summed E-state index contributed by atoms with van der Waals surface area (Å²) in [6.45, 7) is 21.4. The molecular weight excluding hydrogens is 802 g/mol. The molecule has 0 aliphatic carbocycles. The van der Waals surface area contributed by atoms with E-state index in [1.807, 2.05) is 0 Å². The van der Waals surface area contributed by atoms with Crippen molar-refractivity contribution in [2.75, 3.05) is 51.0 Å². The number of ether oxygens (including phenoxy) is 2. The average molecular weight is 856 g/mol. The highest BCUT2D eigenvalue weighted by atomic mass is 79.9. The lowest BCUT2D eigenvalue weighted by Crippen LogP contribution is -2.26. The first kappa shape index (κ1) is 43.4. The molecule has 0 atom stereocenters. The van der Waals surface area contributed by atoms with Crippen molar-refractivity contribution in [3.63, 3.8) is 0 Å². The molecule has 20 heteroatoms. The Labute approximate surface area is 294 Å². The summed E-state index contributed by atoms with van der Waals surface area (Å²) >= 11 is 6.24. The van der Waals surface area contributed by atoms with Crippen LogP contribution >= 0.6 is 31.9 Å². The van der Waals surface area contributed by atoms with Crippen molar-refractivity contribution in [3.05, 3.63) is 9.47 Å². The van der Waals surface area contributed by atoms with Crippen molar-refractivity contribution in [2.45, 2.75) is 102 Å². The van der Waals surface area contributed by atoms with Gasteiger partial charge in [0, 0.05) is 36.0 Å². The monoisotopic (exact) mass is 853 g/mol. The third-order valence-corrected chi connectivity index (χ3v) is 14.0. The Hall–Kier alpha value is -0.586. The second kappa shape index (κ2) is 20.2. The first-order valence-corrected chi connectivity index (χ1v) is 27.7. The Balaban J connectivity index is 0.000000467. The molecule has 0 aliphatic rings. The van der Waals surface area contributed by atoms with Gasteiger partial charge in [0.2, 0.25) is 39.5 Å². The molecule has 1 N–H and O–H groups in total. The molecule has 14 nitrogen and oxygen atoms in total. The summed E-state index contributed by atoms with van der Waals surface area (Å²) in [6.07, 6.45) is 0.744. The second-order valence-electron chi connectivity index (χ2n) is 13.1. The predicted molar refractivity (Wildman–Crippen MR) is 192 cm³/mol. The van der Waals surface area contributed by atoms with E-state index in [1.54, 1.807) is 0 Å². The van der Waals surface area contributed by atoms with Crippen molar-refractivity contribution in [3.8, 4) is 0 Å². The quantitative estimate of drug-likeness (QED) is 0.139. The number of sulfone groups is 2. The van der Waals surface area contributed by atoms with Crippen molar-refractivity contribution in [1.82, 2.24) is 34.4 Å². The molecule has 0 aromatic carbocycles. The van der Waals surface area contributed by atoms with Gasteiger partial charge < -0.3 is 19.5 Å². The molecule has 0 saturated heterocycles. The third kappa shape index (κ3) is 17.2. The van der Waals surface area contributed by atoms with Crippen molar-refractivity contribution < 1.29 is 31.4 Å². The number of nitrogens with zero attached hydrogens (tertiary/aromatic N) is 7. The van der Waals surface area contributed by atoms with Crippen LogP contribution in [0.1, 0.15) is 26.7 Å². The number of aromatic nitrogens is 6. The molecule has 0 amide bonds. The summed E-state index contributed by atoms with van der Waals surface area (Å²) in [5.41, 5.74) is 0. The van der Waals surface area contributed by atoms with Crippen LogP contribution in [0.25, 0.3) is 0 Å². The van der Waals surface area contributed by atoms with E-state index >= 15 is 0 Å². The number of aliphatic hydroxyl groups excluding tert-OH is 1. The van der Waals surface area contributed by atoms with E-state index in [0.29, 0.717) is 19.6 Å². The highest BCUT2D eigenvalue weighted by molar-refractivity contribution is 9.10. The third-order valence-electron chi connectivity index (χ3n) is 6.55. The van der Waals surface area contributed by atoms with Gasteiger partial charge in [0.1, 0.15) is 13.5 Å². The van der Waals surface area contributed by atoms with Gasteiger partial charge in [-0.2, -0.15) is 9.97 Å². The molecule has 46 heavy (non-hydrogen) atoms. The summed E-state index contributed by atoms with van der Waals surface area (Å²) in [6, 6.07) is 2.02. The highest BCUT2D eigenvalue weighted by Crippen LogP contribution is 2.16. The van der Waals surface area contributed by atoms with E-state index in [2.05, 4.69) is 110 Å². The number of hydrogen-bond donors (Lipinski definition) is 1. The zero-order valence-corrected chi connectivity index (χ0v) is 35.3. The Bertz CT molecular complexity index is 1390. The van der Waals surface area contributed by atoms with E-state index in [1.165, 1.54) is 9.36 Å². The standard InChI is InChI=1S/C15H31BrN4O3SSi.C11H22BrN3O4SSi/c1-6-19(7-2)9-8-11-24(21,22)15-17-14(16)18-20(15)13-23-10-12-25(3,4)5;1-21(2,3)8-6-19-9-15-11(13-10(12)14-15)20(17,18)7-4-5-16/h6-13H2,1-5H3;16H,4-9H2,1-3H3. The van der Waals surface area contributed by atoms with Crippen molar-refractivity contribution in [1.29, 1.82) is 0 Å². The number of hydrogen-bond acceptors (Lipinski definition) is 12. The van der Waals surface area contributed by atoms with Crippen LogP contribution in [0.4, 0.5) is 0 Å². The smallest absolute Gasteiger partial charge is 0.248 e. The molecule has 0 saturated carbocycles. The fraction of sp³-hybridized carbons (Fsp3) is 0.846. The molecule has 0 unspecified atom stereocenters. The van der Waals surface area contributed by atoms with Crippen LogP contribution in [0.5, 0.6) is 0 Å². The van der Waals surface area contributed by atoms with Crippen LogP contribution in [-0.4, -0.2) is 123 Å². The van der Waals surface area contributed by atoms with Gasteiger partial charge in [0.25, 0.3) is 0 Å². The molecule has 0 fully saturated rings. The Morgan fingerprint density at radius 2 is 1.13 bits per heavy atom. The SMILES string of the molecule is CCN(CC)CCCS(=O)(=O)c1nc(Br)nn1COCC[Si](C)(C)C.C[Si](C)(C)CCOCn1nc(Br)nc1S(=O)(=O)CCCO. The van der Waals surface area contributed by atoms with Crippen LogP contribution in [0.3, 0.4) is 0 Å². The predicted octanol–water partition coefficient (Wildman–Crippen LogP) is 4.37. The molecule has 0 aliphatic heterocycles. The lowest BCUT2D eigenvalue weighted by atomic mass is 10.4. The first-order valence-electron chi connectivity index (χ1n) is 15.4. The van der Waals surface area contributed by atoms with Gasteiger partial charge >= 0.3 is 0 Å². The van der Waals surface area contributed by atoms with Gasteiger partial charge in [-0.3, -0.25) is 0 Å². The highest BCUT2D eigenvalue weighted by Gasteiger charge is 2.25. The maximum absolute atomic E-state index is 12.6. The molecular formula is C26H53Br2N7O7S2Si2. The normalized spacial score (nSPS) is 12.9. The van der Waals surface area contributed by atoms with E-state index in [4.69, 9.17) is 14.6 Å². The van der Waals surface area contributed by atoms with E-state index < -0.39 is 35.8 Å². The second-order valence-corrected chi connectivity index (χ2v) is 29.8. The van der Waals surface area contributed by atoms with Gasteiger partial charge in [0.05, 0.1) is 11.5 Å². The fourth-order valence-corrected chi connectivity index (χ4v) is 8.88. The Kier molecular flexibility index (Phi) is 19.1. The minimum Gasteiger partial charge on any atom is -0.396 e. The summed E-state index contributed by atoms with van der Waals surface area (Å²) in [5.74, 6) is -0.104. The zero-order valence-electron chi connectivity index (χ0n) is 28.5. The summed E-state index contributed by atoms with van der Waals surface area (Å²) in [4.78, 5) is 10.1. The summed E-state index contributed by atoms with van der Waals surface area (Å²) in [7, 11) is -9.42.